The van der Waals surface area contributed by atoms with E-state index >= 15 is 0 Å². The van der Waals surface area contributed by atoms with Crippen LogP contribution in [0.3, 0.4) is 0 Å². The van der Waals surface area contributed by atoms with E-state index in [0.717, 1.165) is 11.4 Å². The highest BCUT2D eigenvalue weighted by molar-refractivity contribution is 5.89. The van der Waals surface area contributed by atoms with Gasteiger partial charge in [0.15, 0.2) is 0 Å². The number of rotatable bonds is 8. The lowest BCUT2D eigenvalue weighted by Crippen LogP contribution is -2.38. The summed E-state index contributed by atoms with van der Waals surface area (Å²) < 4.78 is 5.24. The van der Waals surface area contributed by atoms with Crippen LogP contribution in [0.25, 0.3) is 0 Å². The molecule has 0 fully saturated rings. The number of benzene rings is 2. The van der Waals surface area contributed by atoms with Crippen molar-refractivity contribution in [2.24, 2.45) is 5.92 Å². The molecule has 0 aliphatic rings. The van der Waals surface area contributed by atoms with Gasteiger partial charge in [-0.3, -0.25) is 5.01 Å². The molecule has 26 heavy (non-hydrogen) atoms. The van der Waals surface area contributed by atoms with Crippen LogP contribution in [0.15, 0.2) is 71.9 Å². The van der Waals surface area contributed by atoms with E-state index in [-0.39, 0.29) is 11.9 Å². The van der Waals surface area contributed by atoms with Crippen LogP contribution in [-0.2, 0) is 16.1 Å². The third kappa shape index (κ3) is 5.38. The summed E-state index contributed by atoms with van der Waals surface area (Å²) in [5.41, 5.74) is 7.10. The number of carbonyl (C=O) groups is 1. The number of anilines is 1. The zero-order valence-electron chi connectivity index (χ0n) is 16.0. The van der Waals surface area contributed by atoms with Crippen LogP contribution in [0.4, 0.5) is 5.69 Å². The summed E-state index contributed by atoms with van der Waals surface area (Å²) in [5, 5.41) is 2.05. The number of nitrogens with one attached hydrogen (secondary N) is 1. The molecule has 1 N–H and O–H groups in total. The average Bonchev–Trinajstić information content (AvgIpc) is 2.63. The van der Waals surface area contributed by atoms with E-state index < -0.39 is 0 Å². The van der Waals surface area contributed by atoms with Gasteiger partial charge in [-0.1, -0.05) is 62.4 Å². The van der Waals surface area contributed by atoms with Gasteiger partial charge in [-0.05, 0) is 37.5 Å². The van der Waals surface area contributed by atoms with Gasteiger partial charge in [-0.25, -0.2) is 4.79 Å². The van der Waals surface area contributed by atoms with E-state index in [9.17, 15) is 4.79 Å². The molecule has 0 unspecified atom stereocenters. The van der Waals surface area contributed by atoms with Crippen LogP contribution in [-0.4, -0.2) is 12.6 Å². The van der Waals surface area contributed by atoms with Gasteiger partial charge < -0.3 is 10.2 Å². The van der Waals surface area contributed by atoms with E-state index in [0.29, 0.717) is 18.7 Å². The fourth-order valence-corrected chi connectivity index (χ4v) is 2.86. The summed E-state index contributed by atoms with van der Waals surface area (Å²) in [5.74, 6) is -0.198. The molecule has 0 heterocycles. The largest absolute Gasteiger partial charge is 0.463 e. The number of esters is 1. The minimum atomic E-state index is -0.264. The Balaban J connectivity index is 2.32. The molecule has 0 atom stereocenters. The van der Waals surface area contributed by atoms with Crippen LogP contribution >= 0.6 is 0 Å². The molecule has 138 valence electrons. The lowest BCUT2D eigenvalue weighted by Gasteiger charge is -2.28. The first-order valence-electron chi connectivity index (χ1n) is 9.04. The second-order valence-corrected chi connectivity index (χ2v) is 6.43. The maximum atomic E-state index is 12.4. The van der Waals surface area contributed by atoms with Gasteiger partial charge in [0, 0.05) is 5.70 Å². The molecule has 0 amide bonds. The molecule has 0 aliphatic carbocycles. The molecule has 0 aliphatic heterocycles. The number of hydrogen-bond donors (Lipinski definition) is 1. The first-order valence-corrected chi connectivity index (χ1v) is 9.04. The van der Waals surface area contributed by atoms with Gasteiger partial charge in [0.05, 0.1) is 24.4 Å². The molecule has 2 aromatic carbocycles. The first kappa shape index (κ1) is 19.6. The predicted molar refractivity (Wildman–Crippen MR) is 106 cm³/mol. The highest BCUT2D eigenvalue weighted by Crippen LogP contribution is 2.19. The quantitative estimate of drug-likeness (QED) is 0.425. The standard InChI is InChI=1S/C22H28N2O2/c1-5-26-22(25)21(17(2)3)18(4)23-24(20-14-10-7-11-15-20)16-19-12-8-6-9-13-19/h6-15,17,23H,5,16H2,1-4H3/b21-18-. The number of hydrazine groups is 1. The zero-order chi connectivity index (χ0) is 18.9. The summed E-state index contributed by atoms with van der Waals surface area (Å²) in [4.78, 5) is 12.4. The van der Waals surface area contributed by atoms with Crippen LogP contribution in [0.5, 0.6) is 0 Å². The van der Waals surface area contributed by atoms with Crippen molar-refractivity contribution in [3.63, 3.8) is 0 Å². The molecule has 0 radical (unpaired) electrons. The third-order valence-corrected chi connectivity index (χ3v) is 4.03. The predicted octanol–water partition coefficient (Wildman–Crippen LogP) is 4.69. The van der Waals surface area contributed by atoms with E-state index in [1.807, 2.05) is 81.2 Å². The van der Waals surface area contributed by atoms with Gasteiger partial charge in [0.2, 0.25) is 0 Å². The van der Waals surface area contributed by atoms with E-state index in [1.165, 1.54) is 5.56 Å². The lowest BCUT2D eigenvalue weighted by molar-refractivity contribution is -0.139. The molecule has 0 bridgehead atoms. The Morgan fingerprint density at radius 2 is 1.62 bits per heavy atom. The monoisotopic (exact) mass is 352 g/mol. The van der Waals surface area contributed by atoms with Crippen LogP contribution in [0.2, 0.25) is 0 Å². The average molecular weight is 352 g/mol. The highest BCUT2D eigenvalue weighted by Gasteiger charge is 2.19. The smallest absolute Gasteiger partial charge is 0.336 e. The molecule has 0 saturated carbocycles. The summed E-state index contributed by atoms with van der Waals surface area (Å²) in [7, 11) is 0. The molecule has 0 aromatic heterocycles. The summed E-state index contributed by atoms with van der Waals surface area (Å²) >= 11 is 0. The fourth-order valence-electron chi connectivity index (χ4n) is 2.86. The Kier molecular flexibility index (Phi) is 7.27. The molecule has 2 aromatic rings. The molecular formula is C22H28N2O2. The van der Waals surface area contributed by atoms with Crippen molar-refractivity contribution in [3.05, 3.63) is 77.5 Å². The minimum Gasteiger partial charge on any atom is -0.463 e. The normalized spacial score (nSPS) is 11.7. The molecule has 4 heteroatoms. The summed E-state index contributed by atoms with van der Waals surface area (Å²) in [6.45, 7) is 8.80. The third-order valence-electron chi connectivity index (χ3n) is 4.03. The number of allylic oxidation sites excluding steroid dienone is 1. The summed E-state index contributed by atoms with van der Waals surface area (Å²) in [6.07, 6.45) is 0. The molecule has 4 nitrogen and oxygen atoms in total. The Bertz CT molecular complexity index is 724. The summed E-state index contributed by atoms with van der Waals surface area (Å²) in [6, 6.07) is 20.3. The van der Waals surface area contributed by atoms with Gasteiger partial charge in [0.25, 0.3) is 0 Å². The van der Waals surface area contributed by atoms with Gasteiger partial charge in [-0.2, -0.15) is 0 Å². The van der Waals surface area contributed by atoms with Crippen molar-refractivity contribution >= 4 is 11.7 Å². The Morgan fingerprint density at radius 1 is 1.04 bits per heavy atom. The Morgan fingerprint density at radius 3 is 2.15 bits per heavy atom. The number of carbonyl (C=O) groups excluding carboxylic acids is 1. The second-order valence-electron chi connectivity index (χ2n) is 6.43. The van der Waals surface area contributed by atoms with E-state index in [2.05, 4.69) is 17.6 Å². The van der Waals surface area contributed by atoms with Crippen molar-refractivity contribution in [3.8, 4) is 0 Å². The second kappa shape index (κ2) is 9.66. The van der Waals surface area contributed by atoms with Gasteiger partial charge in [-0.15, -0.1) is 0 Å². The molecule has 2 rings (SSSR count). The molecular weight excluding hydrogens is 324 g/mol. The van der Waals surface area contributed by atoms with Crippen LogP contribution in [0, 0.1) is 5.92 Å². The van der Waals surface area contributed by atoms with Crippen molar-refractivity contribution in [1.82, 2.24) is 5.43 Å². The Labute approximate surface area is 156 Å². The van der Waals surface area contributed by atoms with Crippen molar-refractivity contribution < 1.29 is 9.53 Å². The van der Waals surface area contributed by atoms with Crippen molar-refractivity contribution in [2.75, 3.05) is 11.6 Å². The van der Waals surface area contributed by atoms with Crippen LogP contribution in [0.1, 0.15) is 33.3 Å². The zero-order valence-corrected chi connectivity index (χ0v) is 16.0. The molecule has 0 spiro atoms. The first-order chi connectivity index (χ1) is 12.5. The number of ether oxygens (including phenoxy) is 1. The van der Waals surface area contributed by atoms with E-state index in [1.54, 1.807) is 0 Å². The highest BCUT2D eigenvalue weighted by atomic mass is 16.5. The lowest BCUT2D eigenvalue weighted by atomic mass is 10.0. The van der Waals surface area contributed by atoms with Gasteiger partial charge >= 0.3 is 5.97 Å². The minimum absolute atomic E-state index is 0.0656. The van der Waals surface area contributed by atoms with Crippen molar-refractivity contribution in [2.45, 2.75) is 34.2 Å². The number of nitrogens with zero attached hydrogens (tertiary/aromatic N) is 1. The van der Waals surface area contributed by atoms with E-state index in [4.69, 9.17) is 4.74 Å². The topological polar surface area (TPSA) is 41.6 Å². The van der Waals surface area contributed by atoms with Crippen LogP contribution < -0.4 is 10.4 Å². The number of hydrogen-bond acceptors (Lipinski definition) is 4. The molecule has 0 saturated heterocycles. The number of para-hydroxylation sites is 1. The fraction of sp³-hybridized carbons (Fsp3) is 0.318. The van der Waals surface area contributed by atoms with Crippen molar-refractivity contribution in [1.29, 1.82) is 0 Å². The Hall–Kier alpha value is -2.75. The maximum Gasteiger partial charge on any atom is 0.336 e. The SMILES string of the molecule is CCOC(=O)/C(=C(/C)NN(Cc1ccccc1)c1ccccc1)C(C)C. The maximum absolute atomic E-state index is 12.4. The van der Waals surface area contributed by atoms with Gasteiger partial charge in [0.1, 0.15) is 0 Å².